The van der Waals surface area contributed by atoms with Crippen LogP contribution in [-0.4, -0.2) is 23.5 Å². The number of hydrogen-bond acceptors (Lipinski definition) is 3. The van der Waals surface area contributed by atoms with Crippen molar-refractivity contribution in [3.05, 3.63) is 64.8 Å². The Morgan fingerprint density at radius 2 is 1.96 bits per heavy atom. The third-order valence-corrected chi connectivity index (χ3v) is 4.17. The summed E-state index contributed by atoms with van der Waals surface area (Å²) in [5, 5.41) is 3.99. The zero-order valence-corrected chi connectivity index (χ0v) is 14.6. The van der Waals surface area contributed by atoms with Crippen molar-refractivity contribution in [2.45, 2.75) is 13.3 Å². The van der Waals surface area contributed by atoms with Gasteiger partial charge in [0.25, 0.3) is 5.91 Å². The van der Waals surface area contributed by atoms with E-state index in [9.17, 15) is 9.59 Å². The summed E-state index contributed by atoms with van der Waals surface area (Å²) in [7, 11) is 1.54. The number of carbonyl (C=O) groups is 2. The highest BCUT2D eigenvalue weighted by molar-refractivity contribution is 6.34. The Bertz CT molecular complexity index is 962. The monoisotopic (exact) mass is 356 g/mol. The van der Waals surface area contributed by atoms with E-state index >= 15 is 0 Å². The molecule has 2 aromatic carbocycles. The number of para-hydroxylation sites is 1. The normalized spacial score (nSPS) is 10.7. The van der Waals surface area contributed by atoms with E-state index in [-0.39, 0.29) is 11.7 Å². The second-order valence-electron chi connectivity index (χ2n) is 5.72. The number of ketones is 1. The second kappa shape index (κ2) is 6.99. The summed E-state index contributed by atoms with van der Waals surface area (Å²) in [6.45, 7) is 1.52. The maximum Gasteiger partial charge on any atom is 0.258 e. The van der Waals surface area contributed by atoms with Crippen molar-refractivity contribution in [2.24, 2.45) is 0 Å². The molecular formula is C19H17ClN2O3. The first-order valence-electron chi connectivity index (χ1n) is 7.73. The molecule has 0 spiro atoms. The zero-order valence-electron chi connectivity index (χ0n) is 13.9. The third kappa shape index (κ3) is 3.51. The van der Waals surface area contributed by atoms with Crippen molar-refractivity contribution in [1.29, 1.82) is 0 Å². The van der Waals surface area contributed by atoms with E-state index in [1.54, 1.807) is 36.2 Å². The van der Waals surface area contributed by atoms with Gasteiger partial charge in [0.2, 0.25) is 0 Å². The van der Waals surface area contributed by atoms with Crippen LogP contribution in [0, 0.1) is 0 Å². The highest BCUT2D eigenvalue weighted by Gasteiger charge is 2.16. The van der Waals surface area contributed by atoms with Gasteiger partial charge in [-0.3, -0.25) is 9.59 Å². The number of halogens is 1. The average molecular weight is 357 g/mol. The van der Waals surface area contributed by atoms with Gasteiger partial charge >= 0.3 is 0 Å². The number of carbonyl (C=O) groups excluding carboxylic acids is 2. The Balaban J connectivity index is 1.89. The summed E-state index contributed by atoms with van der Waals surface area (Å²) in [4.78, 5) is 29.1. The van der Waals surface area contributed by atoms with Crippen molar-refractivity contribution in [1.82, 2.24) is 4.73 Å². The van der Waals surface area contributed by atoms with E-state index in [1.807, 2.05) is 24.3 Å². The molecule has 25 heavy (non-hydrogen) atoms. The van der Waals surface area contributed by atoms with Gasteiger partial charge < -0.3 is 10.2 Å². The van der Waals surface area contributed by atoms with E-state index in [0.717, 1.165) is 16.5 Å². The molecule has 0 radical (unpaired) electrons. The Morgan fingerprint density at radius 3 is 2.64 bits per heavy atom. The molecule has 0 aliphatic carbocycles. The lowest BCUT2D eigenvalue weighted by molar-refractivity contribution is -0.116. The van der Waals surface area contributed by atoms with Crippen molar-refractivity contribution < 1.29 is 14.4 Å². The topological polar surface area (TPSA) is 60.3 Å². The largest absolute Gasteiger partial charge is 0.417 e. The van der Waals surface area contributed by atoms with Gasteiger partial charge in [-0.1, -0.05) is 35.9 Å². The minimum absolute atomic E-state index is 0.0558. The Hall–Kier alpha value is -2.79. The number of benzene rings is 2. The zero-order chi connectivity index (χ0) is 18.0. The number of hydrogen-bond donors (Lipinski definition) is 1. The number of Topliss-reactive ketones (excluding diaryl/α,β-unsaturated/α-hetero) is 1. The Morgan fingerprint density at radius 1 is 1.20 bits per heavy atom. The second-order valence-corrected chi connectivity index (χ2v) is 6.12. The van der Waals surface area contributed by atoms with Crippen LogP contribution in [0.1, 0.15) is 22.8 Å². The fourth-order valence-corrected chi connectivity index (χ4v) is 2.98. The standard InChI is InChI=1S/C19H17ClN2O3/c1-12(23)9-13-7-8-17(16(20)10-13)21-19(24)15-11-22(25-2)18-6-4-3-5-14(15)18/h3-8,10-11H,9H2,1-2H3,(H,21,24). The first-order valence-corrected chi connectivity index (χ1v) is 8.11. The van der Waals surface area contributed by atoms with Crippen molar-refractivity contribution >= 4 is 39.9 Å². The van der Waals surface area contributed by atoms with Crippen LogP contribution in [0.4, 0.5) is 5.69 Å². The summed E-state index contributed by atoms with van der Waals surface area (Å²) in [5.74, 6) is -0.228. The smallest absolute Gasteiger partial charge is 0.258 e. The lowest BCUT2D eigenvalue weighted by Gasteiger charge is -2.08. The molecule has 3 rings (SSSR count). The van der Waals surface area contributed by atoms with E-state index in [4.69, 9.17) is 16.4 Å². The van der Waals surface area contributed by atoms with Crippen LogP contribution in [0.2, 0.25) is 5.02 Å². The van der Waals surface area contributed by atoms with Gasteiger partial charge in [-0.15, -0.1) is 0 Å². The molecule has 6 heteroatoms. The van der Waals surface area contributed by atoms with Gasteiger partial charge in [0.05, 0.1) is 28.0 Å². The number of nitrogens with one attached hydrogen (secondary N) is 1. The van der Waals surface area contributed by atoms with Crippen LogP contribution < -0.4 is 10.2 Å². The van der Waals surface area contributed by atoms with E-state index in [0.29, 0.717) is 22.7 Å². The highest BCUT2D eigenvalue weighted by Crippen LogP contribution is 2.26. The predicted molar refractivity (Wildman–Crippen MR) is 98.2 cm³/mol. The lowest BCUT2D eigenvalue weighted by Crippen LogP contribution is -2.12. The average Bonchev–Trinajstić information content (AvgIpc) is 2.96. The van der Waals surface area contributed by atoms with Crippen LogP contribution in [0.15, 0.2) is 48.7 Å². The molecule has 0 aliphatic rings. The fourth-order valence-electron chi connectivity index (χ4n) is 2.73. The van der Waals surface area contributed by atoms with Gasteiger partial charge in [-0.25, -0.2) is 0 Å². The number of amides is 1. The van der Waals surface area contributed by atoms with Crippen molar-refractivity contribution in [3.8, 4) is 0 Å². The first-order chi connectivity index (χ1) is 12.0. The van der Waals surface area contributed by atoms with Crippen LogP contribution in [0.5, 0.6) is 0 Å². The van der Waals surface area contributed by atoms with E-state index < -0.39 is 0 Å². The molecule has 0 atom stereocenters. The molecule has 1 N–H and O–H groups in total. The van der Waals surface area contributed by atoms with E-state index in [1.165, 1.54) is 6.92 Å². The predicted octanol–water partition coefficient (Wildman–Crippen LogP) is 3.74. The minimum Gasteiger partial charge on any atom is -0.417 e. The van der Waals surface area contributed by atoms with Crippen LogP contribution in [0.3, 0.4) is 0 Å². The van der Waals surface area contributed by atoms with Gasteiger partial charge in [0.1, 0.15) is 12.9 Å². The van der Waals surface area contributed by atoms with Crippen molar-refractivity contribution in [2.75, 3.05) is 12.4 Å². The summed E-state index contributed by atoms with van der Waals surface area (Å²) in [6, 6.07) is 12.6. The third-order valence-electron chi connectivity index (χ3n) is 3.85. The van der Waals surface area contributed by atoms with Crippen LogP contribution in [0.25, 0.3) is 10.9 Å². The number of rotatable bonds is 5. The van der Waals surface area contributed by atoms with Gasteiger partial charge in [-0.2, -0.15) is 4.73 Å². The molecule has 1 aromatic heterocycles. The molecule has 0 fully saturated rings. The molecule has 0 bridgehead atoms. The summed E-state index contributed by atoms with van der Waals surface area (Å²) >= 11 is 6.24. The molecule has 5 nitrogen and oxygen atoms in total. The van der Waals surface area contributed by atoms with Gasteiger partial charge in [0.15, 0.2) is 0 Å². The molecule has 1 heterocycles. The summed E-state index contributed by atoms with van der Waals surface area (Å²) < 4.78 is 1.54. The Kier molecular flexibility index (Phi) is 4.76. The highest BCUT2D eigenvalue weighted by atomic mass is 35.5. The number of anilines is 1. The van der Waals surface area contributed by atoms with Crippen molar-refractivity contribution in [3.63, 3.8) is 0 Å². The number of aromatic nitrogens is 1. The minimum atomic E-state index is -0.284. The number of nitrogens with zero attached hydrogens (tertiary/aromatic N) is 1. The maximum atomic E-state index is 12.7. The molecule has 0 saturated carbocycles. The maximum absolute atomic E-state index is 12.7. The summed E-state index contributed by atoms with van der Waals surface area (Å²) in [6.07, 6.45) is 1.95. The number of fused-ring (bicyclic) bond motifs is 1. The molecular weight excluding hydrogens is 340 g/mol. The van der Waals surface area contributed by atoms with Gasteiger partial charge in [0, 0.05) is 11.8 Å². The fraction of sp³-hybridized carbons (Fsp3) is 0.158. The molecule has 1 amide bonds. The van der Waals surface area contributed by atoms with Gasteiger partial charge in [-0.05, 0) is 30.7 Å². The first kappa shape index (κ1) is 17.0. The quantitative estimate of drug-likeness (QED) is 0.757. The van der Waals surface area contributed by atoms with Crippen LogP contribution in [-0.2, 0) is 11.2 Å². The SMILES string of the molecule is COn1cc(C(=O)Nc2ccc(CC(C)=O)cc2Cl)c2ccccc21. The Labute approximate surface area is 150 Å². The molecule has 128 valence electrons. The lowest BCUT2D eigenvalue weighted by atomic mass is 10.1. The van der Waals surface area contributed by atoms with Crippen LogP contribution >= 0.6 is 11.6 Å². The van der Waals surface area contributed by atoms with E-state index in [2.05, 4.69) is 5.32 Å². The summed E-state index contributed by atoms with van der Waals surface area (Å²) in [5.41, 5.74) is 2.60. The molecule has 0 saturated heterocycles. The molecule has 3 aromatic rings. The molecule has 0 aliphatic heterocycles. The molecule has 0 unspecified atom stereocenters.